The lowest BCUT2D eigenvalue weighted by atomic mass is 9.98. The van der Waals surface area contributed by atoms with Gasteiger partial charge < -0.3 is 24.2 Å². The zero-order valence-corrected chi connectivity index (χ0v) is 33.3. The third-order valence-electron chi connectivity index (χ3n) is 12.4. The maximum Gasteiger partial charge on any atom is 0.418 e. The van der Waals surface area contributed by atoms with Crippen LogP contribution in [0, 0.1) is 0 Å². The number of benzene rings is 3. The fourth-order valence-electron chi connectivity index (χ4n) is 9.21. The quantitative estimate of drug-likeness (QED) is 0.0724. The Kier molecular flexibility index (Phi) is 11.2. The molecule has 2 aromatic heterocycles. The lowest BCUT2D eigenvalue weighted by Gasteiger charge is -2.44. The van der Waals surface area contributed by atoms with Crippen LogP contribution >= 0.6 is 0 Å². The Hall–Kier alpha value is -5.61. The number of nitrogens with one attached hydrogen (secondary N) is 1. The van der Waals surface area contributed by atoms with E-state index in [1.165, 1.54) is 35.5 Å². The predicted molar refractivity (Wildman–Crippen MR) is 217 cm³/mol. The van der Waals surface area contributed by atoms with E-state index in [-0.39, 0.29) is 47.2 Å². The first-order chi connectivity index (χ1) is 29.4. The van der Waals surface area contributed by atoms with Gasteiger partial charge in [-0.2, -0.15) is 22.0 Å². The molecule has 3 fully saturated rings. The van der Waals surface area contributed by atoms with Gasteiger partial charge in [0.05, 0.1) is 35.4 Å². The Morgan fingerprint density at radius 2 is 1.62 bits per heavy atom. The van der Waals surface area contributed by atoms with Crippen molar-refractivity contribution in [3.8, 4) is 16.9 Å². The lowest BCUT2D eigenvalue weighted by molar-refractivity contribution is -0.138. The number of aromatic nitrogens is 2. The van der Waals surface area contributed by atoms with Crippen LogP contribution in [-0.2, 0) is 27.0 Å². The van der Waals surface area contributed by atoms with Gasteiger partial charge >= 0.3 is 12.7 Å². The first-order valence-electron chi connectivity index (χ1n) is 20.8. The monoisotopic (exact) mass is 844 g/mol. The van der Waals surface area contributed by atoms with Gasteiger partial charge in [0, 0.05) is 73.6 Å². The molecule has 9 rings (SSSR count). The Morgan fingerprint density at radius 1 is 0.836 bits per heavy atom. The summed E-state index contributed by atoms with van der Waals surface area (Å²) in [6.45, 7) is 1.44. The zero-order valence-electron chi connectivity index (χ0n) is 33.3. The second-order valence-electron chi connectivity index (χ2n) is 16.3. The normalized spacial score (nSPS) is 19.3. The summed E-state index contributed by atoms with van der Waals surface area (Å²) in [7, 11) is 0. The second kappa shape index (κ2) is 16.7. The number of amides is 3. The zero-order chi connectivity index (χ0) is 42.4. The van der Waals surface area contributed by atoms with E-state index in [1.807, 2.05) is 6.07 Å². The maximum atomic E-state index is 14.5. The highest BCUT2D eigenvalue weighted by Crippen LogP contribution is 2.42. The average Bonchev–Trinajstić information content (AvgIpc) is 3.74. The number of unbranched alkanes of at least 4 members (excludes halogenated alkanes) is 2. The number of likely N-dealkylation sites (tertiary alicyclic amines) is 1. The molecule has 11 nitrogen and oxygen atoms in total. The van der Waals surface area contributed by atoms with Crippen molar-refractivity contribution in [2.75, 3.05) is 44.2 Å². The maximum absolute atomic E-state index is 14.5. The molecule has 0 saturated carbocycles. The van der Waals surface area contributed by atoms with Crippen LogP contribution in [0.1, 0.15) is 73.0 Å². The van der Waals surface area contributed by atoms with Crippen molar-refractivity contribution >= 4 is 45.2 Å². The first kappa shape index (κ1) is 40.8. The summed E-state index contributed by atoms with van der Waals surface area (Å²) in [4.78, 5) is 46.5. The molecule has 1 N–H and O–H groups in total. The van der Waals surface area contributed by atoms with E-state index >= 15 is 0 Å². The fourth-order valence-corrected chi connectivity index (χ4v) is 9.21. The number of imide groups is 1. The van der Waals surface area contributed by atoms with Gasteiger partial charge in [0.2, 0.25) is 11.8 Å². The highest BCUT2D eigenvalue weighted by molar-refractivity contribution is 6.09. The van der Waals surface area contributed by atoms with Gasteiger partial charge in [-0.1, -0.05) is 18.2 Å². The standard InChI is InChI=1S/C45H45F5N6O5/c46-44(47)56-37-12-15-51-23-35(37)34-7-4-28(22-40(34)56)27-5-9-38(36(21-27)45(48,49)50)54-25-32(26-54)61-30-13-17-53(18-14-30)16-2-1-3-19-60-31-6-8-33-29(20-31)24-55(43(33)59)39-10-11-41(57)52-42(39)58/h4-9,12,15,20-23,30,32,39,44H,1-3,10-11,13-14,16-19,24-26H2,(H,52,57,58). The number of hydrogen-bond acceptors (Lipinski definition) is 8. The summed E-state index contributed by atoms with van der Waals surface area (Å²) in [6.07, 6.45) is 3.31. The molecule has 0 radical (unpaired) electrons. The van der Waals surface area contributed by atoms with Crippen LogP contribution in [0.5, 0.6) is 5.75 Å². The summed E-state index contributed by atoms with van der Waals surface area (Å²) in [5, 5.41) is 3.42. The average molecular weight is 845 g/mol. The molecule has 0 aliphatic carbocycles. The number of ether oxygens (including phenoxy) is 2. The number of hydrogen-bond donors (Lipinski definition) is 1. The summed E-state index contributed by atoms with van der Waals surface area (Å²) >= 11 is 0. The molecule has 61 heavy (non-hydrogen) atoms. The number of nitrogens with zero attached hydrogens (tertiary/aromatic N) is 5. The highest BCUT2D eigenvalue weighted by Gasteiger charge is 2.41. The second-order valence-corrected chi connectivity index (χ2v) is 16.3. The largest absolute Gasteiger partial charge is 0.494 e. The van der Waals surface area contributed by atoms with Crippen LogP contribution < -0.4 is 15.0 Å². The molecular formula is C45H45F5N6O5. The number of pyridine rings is 1. The van der Waals surface area contributed by atoms with Gasteiger partial charge in [0.1, 0.15) is 11.8 Å². The fraction of sp³-hybridized carbons (Fsp3) is 0.422. The van der Waals surface area contributed by atoms with Gasteiger partial charge in [-0.15, -0.1) is 0 Å². The summed E-state index contributed by atoms with van der Waals surface area (Å²) in [5.74, 6) is -0.284. The molecule has 320 valence electrons. The minimum atomic E-state index is -4.62. The van der Waals surface area contributed by atoms with Crippen molar-refractivity contribution in [3.63, 3.8) is 0 Å². The van der Waals surface area contributed by atoms with Crippen LogP contribution in [0.4, 0.5) is 27.6 Å². The number of anilines is 1. The van der Waals surface area contributed by atoms with Crippen molar-refractivity contribution in [3.05, 3.63) is 89.7 Å². The molecule has 1 atom stereocenters. The van der Waals surface area contributed by atoms with E-state index < -0.39 is 30.2 Å². The van der Waals surface area contributed by atoms with Gasteiger partial charge in [-0.25, -0.2) is 0 Å². The number of fused-ring (bicyclic) bond motifs is 4. The highest BCUT2D eigenvalue weighted by atomic mass is 19.4. The van der Waals surface area contributed by atoms with E-state index in [2.05, 4.69) is 15.2 Å². The molecule has 3 saturated heterocycles. The van der Waals surface area contributed by atoms with E-state index in [9.17, 15) is 36.3 Å². The Balaban J connectivity index is 0.707. The van der Waals surface area contributed by atoms with Gasteiger partial charge in [0.15, 0.2) is 0 Å². The third kappa shape index (κ3) is 8.27. The number of piperidine rings is 2. The van der Waals surface area contributed by atoms with Crippen LogP contribution in [0.25, 0.3) is 32.9 Å². The summed E-state index contributed by atoms with van der Waals surface area (Å²) in [5.41, 5.74) is 1.88. The van der Waals surface area contributed by atoms with Crippen LogP contribution in [-0.4, -0.2) is 94.7 Å². The van der Waals surface area contributed by atoms with E-state index in [0.29, 0.717) is 65.8 Å². The minimum absolute atomic E-state index is 0.0505. The molecule has 0 spiro atoms. The molecular weight excluding hydrogens is 800 g/mol. The van der Waals surface area contributed by atoms with Gasteiger partial charge in [0.25, 0.3) is 5.91 Å². The topological polar surface area (TPSA) is 109 Å². The molecule has 5 aromatic rings. The Bertz CT molecular complexity index is 2480. The molecule has 4 aliphatic rings. The lowest BCUT2D eigenvalue weighted by Crippen LogP contribution is -2.54. The molecule has 3 amide bonds. The number of rotatable bonds is 13. The minimum Gasteiger partial charge on any atom is -0.494 e. The van der Waals surface area contributed by atoms with Crippen molar-refractivity contribution in [2.45, 2.75) is 82.5 Å². The van der Waals surface area contributed by atoms with Gasteiger partial charge in [-0.3, -0.25) is 29.3 Å². The molecule has 16 heteroatoms. The Labute approximate surface area is 348 Å². The van der Waals surface area contributed by atoms with Crippen LogP contribution in [0.15, 0.2) is 73.1 Å². The Morgan fingerprint density at radius 3 is 2.39 bits per heavy atom. The third-order valence-corrected chi connectivity index (χ3v) is 12.4. The van der Waals surface area contributed by atoms with Crippen LogP contribution in [0.2, 0.25) is 0 Å². The summed E-state index contributed by atoms with van der Waals surface area (Å²) in [6, 6.07) is 15.2. The molecule has 4 aliphatic heterocycles. The molecule has 1 unspecified atom stereocenters. The number of alkyl halides is 5. The number of halogens is 5. The number of carbonyl (C=O) groups is 3. The van der Waals surface area contributed by atoms with Crippen molar-refractivity contribution in [1.82, 2.24) is 24.7 Å². The number of carbonyl (C=O) groups excluding carboxylic acids is 3. The predicted octanol–water partition coefficient (Wildman–Crippen LogP) is 7.95. The smallest absolute Gasteiger partial charge is 0.418 e. The van der Waals surface area contributed by atoms with Crippen molar-refractivity contribution in [2.24, 2.45) is 0 Å². The SMILES string of the molecule is O=C1CCC(N2Cc3cc(OCCCCCN4CCC(OC5CN(c6ccc(-c7ccc8c9cnccc9n(C(F)F)c8c7)cc6C(F)(F)F)C5)CC4)ccc3C2=O)C(=O)N1. The van der Waals surface area contributed by atoms with Crippen LogP contribution in [0.3, 0.4) is 0 Å². The first-order valence-corrected chi connectivity index (χ1v) is 20.8. The molecule has 6 heterocycles. The van der Waals surface area contributed by atoms with E-state index in [1.54, 1.807) is 35.2 Å². The van der Waals surface area contributed by atoms with Crippen molar-refractivity contribution < 1.29 is 45.8 Å². The molecule has 3 aromatic carbocycles. The summed E-state index contributed by atoms with van der Waals surface area (Å²) < 4.78 is 84.9. The van der Waals surface area contributed by atoms with E-state index in [4.69, 9.17) is 9.47 Å². The van der Waals surface area contributed by atoms with E-state index in [0.717, 1.165) is 67.9 Å². The van der Waals surface area contributed by atoms with Gasteiger partial charge in [-0.05, 0) is 104 Å². The van der Waals surface area contributed by atoms with Crippen molar-refractivity contribution in [1.29, 1.82) is 0 Å². The molecule has 0 bridgehead atoms.